The van der Waals surface area contributed by atoms with Gasteiger partial charge in [0.25, 0.3) is 0 Å². The van der Waals surface area contributed by atoms with Crippen molar-refractivity contribution >= 4 is 29.3 Å². The molecular weight excluding hydrogens is 329 g/mol. The van der Waals surface area contributed by atoms with E-state index in [1.807, 2.05) is 20.8 Å². The fraction of sp³-hybridized carbons (Fsp3) is 0.500. The third kappa shape index (κ3) is 3.86. The van der Waals surface area contributed by atoms with E-state index < -0.39 is 17.2 Å². The zero-order valence-electron chi connectivity index (χ0n) is 13.1. The molecule has 0 saturated carbocycles. The summed E-state index contributed by atoms with van der Waals surface area (Å²) in [4.78, 5) is 11.3. The van der Waals surface area contributed by atoms with E-state index in [1.165, 1.54) is 17.1 Å². The topological polar surface area (TPSA) is 32.7 Å². The second kappa shape index (κ2) is 6.15. The van der Waals surface area contributed by atoms with Gasteiger partial charge in [-0.2, -0.15) is 18.3 Å². The molecule has 0 fully saturated rings. The summed E-state index contributed by atoms with van der Waals surface area (Å²) in [5, 5.41) is 5.93. The van der Waals surface area contributed by atoms with Crippen LogP contribution in [0, 0.1) is 11.3 Å². The maximum atomic E-state index is 12.6. The minimum absolute atomic E-state index is 0.341. The Labute approximate surface area is 138 Å². The van der Waals surface area contributed by atoms with E-state index in [-0.39, 0.29) is 11.3 Å². The Morgan fingerprint density at radius 3 is 2.22 bits per heavy atom. The van der Waals surface area contributed by atoms with Crippen molar-refractivity contribution in [2.45, 2.75) is 38.9 Å². The van der Waals surface area contributed by atoms with Crippen molar-refractivity contribution in [3.05, 3.63) is 29.8 Å². The fourth-order valence-corrected chi connectivity index (χ4v) is 2.87. The fourth-order valence-electron chi connectivity index (χ4n) is 2.52. The van der Waals surface area contributed by atoms with Crippen LogP contribution in [0.1, 0.15) is 32.8 Å². The highest BCUT2D eigenvalue weighted by Gasteiger charge is 2.36. The van der Waals surface area contributed by atoms with E-state index >= 15 is 0 Å². The van der Waals surface area contributed by atoms with Crippen LogP contribution in [0.15, 0.2) is 29.4 Å². The predicted molar refractivity (Wildman–Crippen MR) is 84.6 cm³/mol. The molecule has 23 heavy (non-hydrogen) atoms. The lowest BCUT2D eigenvalue weighted by molar-refractivity contribution is -0.137. The number of carbonyl (C=O) groups is 1. The zero-order chi connectivity index (χ0) is 17.4. The van der Waals surface area contributed by atoms with Gasteiger partial charge in [-0.1, -0.05) is 32.4 Å². The van der Waals surface area contributed by atoms with Crippen LogP contribution < -0.4 is 5.01 Å². The molecule has 2 rings (SSSR count). The van der Waals surface area contributed by atoms with Gasteiger partial charge in [0.2, 0.25) is 0 Å². The van der Waals surface area contributed by atoms with Gasteiger partial charge >= 0.3 is 6.18 Å². The number of hydrazone groups is 1. The molecule has 1 heterocycles. The Balaban J connectivity index is 2.39. The third-order valence-electron chi connectivity index (χ3n) is 3.67. The van der Waals surface area contributed by atoms with Gasteiger partial charge in [0.05, 0.1) is 22.9 Å². The van der Waals surface area contributed by atoms with E-state index in [9.17, 15) is 18.0 Å². The summed E-state index contributed by atoms with van der Waals surface area (Å²) >= 11 is 6.27. The zero-order valence-corrected chi connectivity index (χ0v) is 13.8. The van der Waals surface area contributed by atoms with Crippen molar-refractivity contribution < 1.29 is 18.0 Å². The van der Waals surface area contributed by atoms with E-state index in [4.69, 9.17) is 11.6 Å². The number of hydrogen-bond donors (Lipinski definition) is 0. The van der Waals surface area contributed by atoms with Gasteiger partial charge in [-0.25, -0.2) is 5.01 Å². The number of alkyl halides is 4. The molecule has 1 aliphatic rings. The Morgan fingerprint density at radius 2 is 1.78 bits per heavy atom. The van der Waals surface area contributed by atoms with E-state index in [1.54, 1.807) is 0 Å². The number of halogens is 4. The first-order chi connectivity index (χ1) is 10.5. The van der Waals surface area contributed by atoms with E-state index in [0.29, 0.717) is 17.8 Å². The molecule has 2 unspecified atom stereocenters. The van der Waals surface area contributed by atoms with Crippen molar-refractivity contribution in [2.24, 2.45) is 16.4 Å². The largest absolute Gasteiger partial charge is 0.416 e. The molecule has 1 aromatic rings. The van der Waals surface area contributed by atoms with Crippen molar-refractivity contribution in [3.63, 3.8) is 0 Å². The van der Waals surface area contributed by atoms with Crippen LogP contribution in [0.2, 0.25) is 0 Å². The van der Waals surface area contributed by atoms with Gasteiger partial charge < -0.3 is 4.79 Å². The first kappa shape index (κ1) is 17.8. The monoisotopic (exact) mass is 346 g/mol. The highest BCUT2D eigenvalue weighted by atomic mass is 35.5. The van der Waals surface area contributed by atoms with E-state index in [2.05, 4.69) is 5.10 Å². The predicted octanol–water partition coefficient (Wildman–Crippen LogP) is 4.70. The molecule has 2 atom stereocenters. The Bertz CT molecular complexity index is 605. The molecule has 1 aliphatic heterocycles. The van der Waals surface area contributed by atoms with Gasteiger partial charge in [0.15, 0.2) is 0 Å². The second-order valence-electron chi connectivity index (χ2n) is 6.54. The van der Waals surface area contributed by atoms with Crippen LogP contribution in [0.4, 0.5) is 18.9 Å². The summed E-state index contributed by atoms with van der Waals surface area (Å²) < 4.78 is 37.9. The lowest BCUT2D eigenvalue weighted by Gasteiger charge is -2.37. The average Bonchev–Trinajstić information content (AvgIpc) is 2.45. The second-order valence-corrected chi connectivity index (χ2v) is 7.04. The SMILES string of the molecule is CC(C)(C)C1=NN(c2ccc(C(F)(F)F)cc2)C(Cl)CC1C=O. The Hall–Kier alpha value is -1.56. The molecule has 0 aromatic heterocycles. The molecule has 0 spiro atoms. The minimum atomic E-state index is -4.39. The molecule has 126 valence electrons. The molecule has 3 nitrogen and oxygen atoms in total. The van der Waals surface area contributed by atoms with Crippen LogP contribution in [0.25, 0.3) is 0 Å². The third-order valence-corrected chi connectivity index (χ3v) is 4.04. The van der Waals surface area contributed by atoms with Gasteiger partial charge in [-0.15, -0.1) is 0 Å². The van der Waals surface area contributed by atoms with Crippen LogP contribution in [0.3, 0.4) is 0 Å². The summed E-state index contributed by atoms with van der Waals surface area (Å²) in [7, 11) is 0. The molecule has 0 radical (unpaired) electrons. The number of benzene rings is 1. The van der Waals surface area contributed by atoms with Gasteiger partial charge in [0, 0.05) is 5.41 Å². The maximum absolute atomic E-state index is 12.6. The Kier molecular flexibility index (Phi) is 4.76. The minimum Gasteiger partial charge on any atom is -0.303 e. The number of nitrogens with zero attached hydrogens (tertiary/aromatic N) is 2. The van der Waals surface area contributed by atoms with E-state index in [0.717, 1.165) is 18.4 Å². The molecule has 7 heteroatoms. The highest BCUT2D eigenvalue weighted by molar-refractivity contribution is 6.22. The van der Waals surface area contributed by atoms with Crippen molar-refractivity contribution in [1.82, 2.24) is 0 Å². The summed E-state index contributed by atoms with van der Waals surface area (Å²) in [6.07, 6.45) is -3.20. The van der Waals surface area contributed by atoms with Crippen molar-refractivity contribution in [3.8, 4) is 0 Å². The molecule has 0 amide bonds. The number of rotatable bonds is 2. The van der Waals surface area contributed by atoms with Crippen LogP contribution >= 0.6 is 11.6 Å². The molecule has 0 aliphatic carbocycles. The number of aldehydes is 1. The highest BCUT2D eigenvalue weighted by Crippen LogP contribution is 2.35. The average molecular weight is 347 g/mol. The summed E-state index contributed by atoms with van der Waals surface area (Å²) in [5.41, 5.74) is -0.524. The smallest absolute Gasteiger partial charge is 0.303 e. The van der Waals surface area contributed by atoms with Crippen LogP contribution in [-0.4, -0.2) is 17.5 Å². The van der Waals surface area contributed by atoms with Crippen molar-refractivity contribution in [1.29, 1.82) is 0 Å². The lowest BCUT2D eigenvalue weighted by Crippen LogP contribution is -2.42. The number of hydrogen-bond acceptors (Lipinski definition) is 3. The Morgan fingerprint density at radius 1 is 1.22 bits per heavy atom. The van der Waals surface area contributed by atoms with Gasteiger partial charge in [-0.05, 0) is 30.7 Å². The van der Waals surface area contributed by atoms with Gasteiger partial charge in [0.1, 0.15) is 11.8 Å². The standard InChI is InChI=1S/C16H18ClF3N2O/c1-15(2,3)14-10(9-23)8-13(17)22(21-14)12-6-4-11(5-7-12)16(18,19)20/h4-7,9-10,13H,8H2,1-3H3. The summed E-state index contributed by atoms with van der Waals surface area (Å²) in [6, 6.07) is 4.67. The number of carbonyl (C=O) groups excluding carboxylic acids is 1. The molecular formula is C16H18ClF3N2O. The molecule has 0 bridgehead atoms. The quantitative estimate of drug-likeness (QED) is 0.442. The van der Waals surface area contributed by atoms with Gasteiger partial charge in [-0.3, -0.25) is 0 Å². The first-order valence-electron chi connectivity index (χ1n) is 7.19. The molecule has 0 saturated heterocycles. The van der Waals surface area contributed by atoms with Crippen LogP contribution in [0.5, 0.6) is 0 Å². The molecule has 1 aromatic carbocycles. The molecule has 0 N–H and O–H groups in total. The first-order valence-corrected chi connectivity index (χ1v) is 7.62. The summed E-state index contributed by atoms with van der Waals surface area (Å²) in [5.74, 6) is -0.386. The normalized spacial score (nSPS) is 22.7. The maximum Gasteiger partial charge on any atom is 0.416 e. The summed E-state index contributed by atoms with van der Waals surface area (Å²) in [6.45, 7) is 5.80. The number of anilines is 1. The van der Waals surface area contributed by atoms with Crippen LogP contribution in [-0.2, 0) is 11.0 Å². The lowest BCUT2D eigenvalue weighted by atomic mass is 9.80. The van der Waals surface area contributed by atoms with Crippen molar-refractivity contribution in [2.75, 3.05) is 5.01 Å².